The van der Waals surface area contributed by atoms with Crippen LogP contribution >= 0.6 is 23.1 Å². The smallest absolute Gasteiger partial charge is 0.341 e. The molecule has 1 amide bonds. The van der Waals surface area contributed by atoms with E-state index in [1.807, 2.05) is 24.5 Å². The number of thioether (sulfide) groups is 1. The van der Waals surface area contributed by atoms with Crippen LogP contribution in [0, 0.1) is 0 Å². The maximum absolute atomic E-state index is 12.8. The summed E-state index contributed by atoms with van der Waals surface area (Å²) in [5, 5.41) is 3.56. The summed E-state index contributed by atoms with van der Waals surface area (Å²) in [6.45, 7) is 5.21. The Labute approximate surface area is 168 Å². The Morgan fingerprint density at radius 2 is 2.19 bits per heavy atom. The highest BCUT2D eigenvalue weighted by Crippen LogP contribution is 2.35. The topological polar surface area (TPSA) is 59.8 Å². The fraction of sp³-hybridized carbons (Fsp3) is 0.400. The van der Waals surface area contributed by atoms with Crippen molar-refractivity contribution in [2.24, 2.45) is 0 Å². The molecule has 2 heterocycles. The largest absolute Gasteiger partial charge is 0.465 e. The maximum Gasteiger partial charge on any atom is 0.341 e. The number of nitrogens with one attached hydrogen (secondary N) is 2. The van der Waals surface area contributed by atoms with Crippen LogP contribution < -0.4 is 10.2 Å². The Hall–Kier alpha value is -1.83. The summed E-state index contributed by atoms with van der Waals surface area (Å²) in [7, 11) is 1.39. The molecule has 0 fully saturated rings. The molecule has 7 heteroatoms. The van der Waals surface area contributed by atoms with Gasteiger partial charge in [-0.05, 0) is 36.4 Å². The van der Waals surface area contributed by atoms with E-state index in [0.717, 1.165) is 42.9 Å². The first kappa shape index (κ1) is 19.9. The van der Waals surface area contributed by atoms with Gasteiger partial charge in [-0.15, -0.1) is 23.1 Å². The highest BCUT2D eigenvalue weighted by molar-refractivity contribution is 7.98. The zero-order chi connectivity index (χ0) is 19.4. The van der Waals surface area contributed by atoms with E-state index in [1.165, 1.54) is 28.2 Å². The Bertz CT molecular complexity index is 848. The van der Waals surface area contributed by atoms with Crippen molar-refractivity contribution >= 4 is 40.0 Å². The number of hydrogen-bond acceptors (Lipinski definition) is 5. The molecule has 0 radical (unpaired) electrons. The first-order valence-electron chi connectivity index (χ1n) is 9.09. The number of thiophene rings is 1. The molecule has 1 unspecified atom stereocenters. The number of quaternary nitrogens is 1. The number of benzene rings is 1. The number of carbonyl (C=O) groups excluding carboxylic acids is 2. The van der Waals surface area contributed by atoms with E-state index in [1.54, 1.807) is 17.8 Å². The summed E-state index contributed by atoms with van der Waals surface area (Å²) in [5.74, 6) is -0.577. The molecule has 2 aromatic rings. The minimum Gasteiger partial charge on any atom is -0.465 e. The number of esters is 1. The first-order chi connectivity index (χ1) is 13.1. The average Bonchev–Trinajstić information content (AvgIpc) is 3.04. The van der Waals surface area contributed by atoms with Crippen molar-refractivity contribution in [3.8, 4) is 0 Å². The van der Waals surface area contributed by atoms with Crippen molar-refractivity contribution in [1.82, 2.24) is 0 Å². The Kier molecular flexibility index (Phi) is 6.57. The van der Waals surface area contributed by atoms with Gasteiger partial charge in [0.05, 0.1) is 30.6 Å². The van der Waals surface area contributed by atoms with Gasteiger partial charge in [0, 0.05) is 16.9 Å². The number of rotatable bonds is 6. The number of ether oxygens (including phenoxy) is 1. The predicted octanol–water partition coefficient (Wildman–Crippen LogP) is 2.86. The third-order valence-corrected chi connectivity index (χ3v) is 6.65. The highest BCUT2D eigenvalue weighted by Gasteiger charge is 2.30. The average molecular weight is 406 g/mol. The summed E-state index contributed by atoms with van der Waals surface area (Å²) in [5.41, 5.74) is 2.16. The second-order valence-corrected chi connectivity index (χ2v) is 8.55. The number of carbonyl (C=O) groups is 2. The summed E-state index contributed by atoms with van der Waals surface area (Å²) in [4.78, 5) is 28.9. The second-order valence-electron chi connectivity index (χ2n) is 6.56. The number of hydrogen-bond donors (Lipinski definition) is 2. The van der Waals surface area contributed by atoms with Gasteiger partial charge < -0.3 is 15.0 Å². The number of fused-ring (bicyclic) bond motifs is 1. The van der Waals surface area contributed by atoms with Gasteiger partial charge in [0.2, 0.25) is 0 Å². The molecule has 0 aliphatic carbocycles. The monoisotopic (exact) mass is 405 g/mol. The van der Waals surface area contributed by atoms with Crippen LogP contribution in [-0.2, 0) is 17.7 Å². The SMILES string of the molecule is CCC[NH+]1CCc2c(sc(NC(=O)c3cccc(SC)c3)c2C(=O)OC)C1. The zero-order valence-corrected chi connectivity index (χ0v) is 17.5. The Morgan fingerprint density at radius 1 is 1.37 bits per heavy atom. The predicted molar refractivity (Wildman–Crippen MR) is 110 cm³/mol. The van der Waals surface area contributed by atoms with Crippen molar-refractivity contribution < 1.29 is 19.2 Å². The zero-order valence-electron chi connectivity index (χ0n) is 15.9. The standard InChI is InChI=1S/C20H24N2O3S2/c1-4-9-22-10-8-15-16(12-22)27-19(17(15)20(24)25-2)21-18(23)13-6-5-7-14(11-13)26-3/h5-7,11H,4,8-10,12H2,1-3H3,(H,21,23)/p+1. The van der Waals surface area contributed by atoms with Crippen LogP contribution in [0.5, 0.6) is 0 Å². The lowest BCUT2D eigenvalue weighted by atomic mass is 10.0. The molecule has 0 saturated heterocycles. The molecule has 0 spiro atoms. The fourth-order valence-electron chi connectivity index (χ4n) is 3.45. The van der Waals surface area contributed by atoms with Crippen LogP contribution in [0.2, 0.25) is 0 Å². The van der Waals surface area contributed by atoms with Crippen LogP contribution in [0.25, 0.3) is 0 Å². The fourth-order valence-corrected chi connectivity index (χ4v) is 5.21. The molecule has 144 valence electrons. The van der Waals surface area contributed by atoms with Crippen molar-refractivity contribution in [1.29, 1.82) is 0 Å². The van der Waals surface area contributed by atoms with E-state index in [9.17, 15) is 9.59 Å². The summed E-state index contributed by atoms with van der Waals surface area (Å²) in [6.07, 6.45) is 3.95. The van der Waals surface area contributed by atoms with E-state index >= 15 is 0 Å². The minimum absolute atomic E-state index is 0.201. The Balaban J connectivity index is 1.90. The first-order valence-corrected chi connectivity index (χ1v) is 11.1. The van der Waals surface area contributed by atoms with E-state index in [2.05, 4.69) is 12.2 Å². The van der Waals surface area contributed by atoms with Crippen molar-refractivity contribution in [3.05, 3.63) is 45.8 Å². The Morgan fingerprint density at radius 3 is 2.89 bits per heavy atom. The molecule has 1 aliphatic rings. The molecule has 1 aromatic carbocycles. The van der Waals surface area contributed by atoms with Crippen molar-refractivity contribution in [3.63, 3.8) is 0 Å². The van der Waals surface area contributed by atoms with Gasteiger partial charge in [0.1, 0.15) is 11.5 Å². The second kappa shape index (κ2) is 8.91. The normalized spacial score (nSPS) is 15.9. The van der Waals surface area contributed by atoms with Crippen molar-refractivity contribution in [2.45, 2.75) is 31.2 Å². The lowest BCUT2D eigenvalue weighted by Crippen LogP contribution is -3.11. The van der Waals surface area contributed by atoms with E-state index < -0.39 is 0 Å². The maximum atomic E-state index is 12.8. The summed E-state index contributed by atoms with van der Waals surface area (Å²) >= 11 is 3.10. The highest BCUT2D eigenvalue weighted by atomic mass is 32.2. The van der Waals surface area contributed by atoms with Crippen LogP contribution in [0.4, 0.5) is 5.00 Å². The number of anilines is 1. The molecule has 3 rings (SSSR count). The molecule has 0 bridgehead atoms. The van der Waals surface area contributed by atoms with Gasteiger partial charge in [-0.1, -0.05) is 13.0 Å². The van der Waals surface area contributed by atoms with Gasteiger partial charge in [-0.2, -0.15) is 0 Å². The van der Waals surface area contributed by atoms with E-state index in [0.29, 0.717) is 16.1 Å². The van der Waals surface area contributed by atoms with Gasteiger partial charge in [-0.25, -0.2) is 4.79 Å². The minimum atomic E-state index is -0.375. The van der Waals surface area contributed by atoms with Crippen LogP contribution in [-0.4, -0.2) is 38.3 Å². The van der Waals surface area contributed by atoms with E-state index in [4.69, 9.17) is 4.74 Å². The van der Waals surface area contributed by atoms with Crippen LogP contribution in [0.3, 0.4) is 0 Å². The molecule has 27 heavy (non-hydrogen) atoms. The van der Waals surface area contributed by atoms with Gasteiger partial charge >= 0.3 is 5.97 Å². The summed E-state index contributed by atoms with van der Waals surface area (Å²) < 4.78 is 5.01. The van der Waals surface area contributed by atoms with Gasteiger partial charge in [0.25, 0.3) is 5.91 Å². The molecule has 0 saturated carbocycles. The molecular weight excluding hydrogens is 380 g/mol. The molecule has 1 aliphatic heterocycles. The number of amides is 1. The summed E-state index contributed by atoms with van der Waals surface area (Å²) in [6, 6.07) is 7.48. The van der Waals surface area contributed by atoms with Gasteiger partial charge in [0.15, 0.2) is 0 Å². The molecular formula is C20H25N2O3S2+. The lowest BCUT2D eigenvalue weighted by molar-refractivity contribution is -0.915. The van der Waals surface area contributed by atoms with Gasteiger partial charge in [-0.3, -0.25) is 4.79 Å². The lowest BCUT2D eigenvalue weighted by Gasteiger charge is -2.23. The molecule has 5 nitrogen and oxygen atoms in total. The van der Waals surface area contributed by atoms with E-state index in [-0.39, 0.29) is 11.9 Å². The van der Waals surface area contributed by atoms with Crippen LogP contribution in [0.15, 0.2) is 29.2 Å². The number of methoxy groups -OCH3 is 1. The van der Waals surface area contributed by atoms with Crippen molar-refractivity contribution in [2.75, 3.05) is 31.8 Å². The third-order valence-electron chi connectivity index (χ3n) is 4.78. The quantitative estimate of drug-likeness (QED) is 0.573. The molecule has 2 N–H and O–H groups in total. The van der Waals surface area contributed by atoms with Crippen LogP contribution in [0.1, 0.15) is 44.5 Å². The third kappa shape index (κ3) is 4.36. The molecule has 1 aromatic heterocycles. The molecule has 1 atom stereocenters.